The fraction of sp³-hybridized carbons (Fsp3) is 0.300. The molecule has 1 rings (SSSR count). The van der Waals surface area contributed by atoms with Gasteiger partial charge in [0.25, 0.3) is 5.91 Å². The number of primary amides is 1. The highest BCUT2D eigenvalue weighted by Gasteiger charge is 2.40. The maximum Gasteiger partial charge on any atom is 0.324 e. The zero-order valence-electron chi connectivity index (χ0n) is 9.39. The Bertz CT molecular complexity index is 492. The molecule has 0 bridgehead atoms. The SMILES string of the molecule is NC(=O)c1cc(NCC(F)(F)C(F)F)c(F)cc1N. The Morgan fingerprint density at radius 3 is 2.42 bits per heavy atom. The number of halogens is 5. The van der Waals surface area contributed by atoms with Crippen LogP contribution in [0.5, 0.6) is 0 Å². The Labute approximate surface area is 104 Å². The summed E-state index contributed by atoms with van der Waals surface area (Å²) in [4.78, 5) is 10.9. The van der Waals surface area contributed by atoms with E-state index in [4.69, 9.17) is 11.5 Å². The van der Waals surface area contributed by atoms with Crippen molar-refractivity contribution in [1.82, 2.24) is 0 Å². The Morgan fingerprint density at radius 1 is 1.37 bits per heavy atom. The molecule has 0 radical (unpaired) electrons. The number of amides is 1. The number of anilines is 2. The van der Waals surface area contributed by atoms with Gasteiger partial charge in [-0.25, -0.2) is 13.2 Å². The lowest BCUT2D eigenvalue weighted by Crippen LogP contribution is -2.35. The van der Waals surface area contributed by atoms with Gasteiger partial charge in [0.05, 0.1) is 17.8 Å². The van der Waals surface area contributed by atoms with Crippen molar-refractivity contribution in [3.63, 3.8) is 0 Å². The van der Waals surface area contributed by atoms with Gasteiger partial charge in [0.2, 0.25) is 0 Å². The molecule has 0 aromatic heterocycles. The molecule has 5 N–H and O–H groups in total. The first-order valence-electron chi connectivity index (χ1n) is 4.94. The summed E-state index contributed by atoms with van der Waals surface area (Å²) in [6, 6.07) is 1.47. The van der Waals surface area contributed by atoms with Crippen molar-refractivity contribution >= 4 is 17.3 Å². The van der Waals surface area contributed by atoms with E-state index in [2.05, 4.69) is 0 Å². The molecule has 0 saturated heterocycles. The molecular formula is C10H10F5N3O. The predicted molar refractivity (Wildman–Crippen MR) is 58.8 cm³/mol. The van der Waals surface area contributed by atoms with Crippen LogP contribution in [0, 0.1) is 5.82 Å². The lowest BCUT2D eigenvalue weighted by atomic mass is 10.1. The second kappa shape index (κ2) is 5.29. The van der Waals surface area contributed by atoms with Gasteiger partial charge in [-0.05, 0) is 12.1 Å². The van der Waals surface area contributed by atoms with Crippen LogP contribution in [0.25, 0.3) is 0 Å². The number of hydrogen-bond donors (Lipinski definition) is 3. The van der Waals surface area contributed by atoms with E-state index in [0.29, 0.717) is 6.07 Å². The summed E-state index contributed by atoms with van der Waals surface area (Å²) in [6.45, 7) is -1.50. The van der Waals surface area contributed by atoms with Gasteiger partial charge in [0.15, 0.2) is 0 Å². The number of nitrogens with one attached hydrogen (secondary N) is 1. The van der Waals surface area contributed by atoms with Gasteiger partial charge in [0.1, 0.15) is 5.82 Å². The zero-order valence-corrected chi connectivity index (χ0v) is 9.39. The van der Waals surface area contributed by atoms with Crippen LogP contribution in [0.3, 0.4) is 0 Å². The van der Waals surface area contributed by atoms with Gasteiger partial charge in [-0.15, -0.1) is 0 Å². The molecule has 0 heterocycles. The minimum Gasteiger partial charge on any atom is -0.398 e. The van der Waals surface area contributed by atoms with Crippen molar-refractivity contribution in [3.05, 3.63) is 23.5 Å². The Hall–Kier alpha value is -2.06. The number of nitrogens with two attached hydrogens (primary N) is 2. The summed E-state index contributed by atoms with van der Waals surface area (Å²) in [5, 5.41) is 1.79. The van der Waals surface area contributed by atoms with Crippen LogP contribution in [-0.2, 0) is 0 Å². The van der Waals surface area contributed by atoms with Crippen LogP contribution in [0.2, 0.25) is 0 Å². The topological polar surface area (TPSA) is 81.1 Å². The molecule has 0 aliphatic rings. The highest BCUT2D eigenvalue weighted by atomic mass is 19.3. The molecule has 1 amide bonds. The summed E-state index contributed by atoms with van der Waals surface area (Å²) in [5.41, 5.74) is 9.06. The molecule has 1 aromatic rings. The summed E-state index contributed by atoms with van der Waals surface area (Å²) < 4.78 is 62.5. The van der Waals surface area contributed by atoms with Crippen molar-refractivity contribution in [3.8, 4) is 0 Å². The largest absolute Gasteiger partial charge is 0.398 e. The molecule has 0 saturated carbocycles. The molecule has 0 spiro atoms. The molecule has 0 aliphatic carbocycles. The van der Waals surface area contributed by atoms with Crippen molar-refractivity contribution in [2.75, 3.05) is 17.6 Å². The van der Waals surface area contributed by atoms with Gasteiger partial charge in [-0.2, -0.15) is 8.78 Å². The first-order chi connectivity index (χ1) is 8.65. The first kappa shape index (κ1) is 15.0. The standard InChI is InChI=1S/C10H10F5N3O/c11-5-2-6(16)4(8(17)19)1-7(5)18-3-10(14,15)9(12)13/h1-2,9,18H,3,16H2,(H2,17,19). The number of carbonyl (C=O) groups excluding carboxylic acids is 1. The fourth-order valence-electron chi connectivity index (χ4n) is 1.23. The summed E-state index contributed by atoms with van der Waals surface area (Å²) in [5.74, 6) is -6.39. The van der Waals surface area contributed by atoms with Crippen LogP contribution in [0.15, 0.2) is 12.1 Å². The van der Waals surface area contributed by atoms with Gasteiger partial charge >= 0.3 is 12.3 Å². The number of benzene rings is 1. The maximum absolute atomic E-state index is 13.3. The van der Waals surface area contributed by atoms with Gasteiger partial charge in [-0.3, -0.25) is 4.79 Å². The molecule has 0 aliphatic heterocycles. The molecule has 4 nitrogen and oxygen atoms in total. The van der Waals surface area contributed by atoms with E-state index in [0.717, 1.165) is 6.07 Å². The van der Waals surface area contributed by atoms with E-state index in [1.807, 2.05) is 0 Å². The number of nitrogen functional groups attached to an aromatic ring is 1. The summed E-state index contributed by atoms with van der Waals surface area (Å²) >= 11 is 0. The summed E-state index contributed by atoms with van der Waals surface area (Å²) in [7, 11) is 0. The van der Waals surface area contributed by atoms with Crippen LogP contribution in [0.1, 0.15) is 10.4 Å². The zero-order chi connectivity index (χ0) is 14.8. The van der Waals surface area contributed by atoms with E-state index in [1.54, 1.807) is 5.32 Å². The van der Waals surface area contributed by atoms with Crippen LogP contribution < -0.4 is 16.8 Å². The second-order valence-corrected chi connectivity index (χ2v) is 3.70. The second-order valence-electron chi connectivity index (χ2n) is 3.70. The first-order valence-corrected chi connectivity index (χ1v) is 4.94. The highest BCUT2D eigenvalue weighted by Crippen LogP contribution is 2.26. The number of alkyl halides is 4. The molecule has 0 fully saturated rings. The third-order valence-electron chi connectivity index (χ3n) is 2.24. The lowest BCUT2D eigenvalue weighted by Gasteiger charge is -2.17. The Kier molecular flexibility index (Phi) is 4.17. The van der Waals surface area contributed by atoms with E-state index in [-0.39, 0.29) is 11.3 Å². The van der Waals surface area contributed by atoms with Gasteiger partial charge < -0.3 is 16.8 Å². The molecule has 106 valence electrons. The van der Waals surface area contributed by atoms with Crippen molar-refractivity contribution < 1.29 is 26.7 Å². The fourth-order valence-corrected chi connectivity index (χ4v) is 1.23. The minimum absolute atomic E-state index is 0.281. The van der Waals surface area contributed by atoms with E-state index in [1.165, 1.54) is 0 Å². The Balaban J connectivity index is 2.96. The smallest absolute Gasteiger partial charge is 0.324 e. The average Bonchev–Trinajstić information content (AvgIpc) is 2.27. The highest BCUT2D eigenvalue weighted by molar-refractivity contribution is 5.99. The van der Waals surface area contributed by atoms with E-state index >= 15 is 0 Å². The third kappa shape index (κ3) is 3.46. The Morgan fingerprint density at radius 2 is 1.95 bits per heavy atom. The molecule has 1 aromatic carbocycles. The average molecular weight is 283 g/mol. The molecule has 9 heteroatoms. The summed E-state index contributed by atoms with van der Waals surface area (Å²) in [6.07, 6.45) is -3.90. The third-order valence-corrected chi connectivity index (χ3v) is 2.24. The maximum atomic E-state index is 13.3. The van der Waals surface area contributed by atoms with E-state index < -0.39 is 36.3 Å². The molecule has 0 unspecified atom stereocenters. The molecule has 0 atom stereocenters. The van der Waals surface area contributed by atoms with Crippen molar-refractivity contribution in [2.45, 2.75) is 12.3 Å². The number of carbonyl (C=O) groups is 1. The number of hydrogen-bond acceptors (Lipinski definition) is 3. The molecule has 19 heavy (non-hydrogen) atoms. The quantitative estimate of drug-likeness (QED) is 0.569. The van der Waals surface area contributed by atoms with Crippen molar-refractivity contribution in [2.24, 2.45) is 5.73 Å². The van der Waals surface area contributed by atoms with Gasteiger partial charge in [-0.1, -0.05) is 0 Å². The normalized spacial score (nSPS) is 11.7. The molecular weight excluding hydrogens is 273 g/mol. The van der Waals surface area contributed by atoms with Crippen LogP contribution in [-0.4, -0.2) is 24.8 Å². The van der Waals surface area contributed by atoms with Crippen LogP contribution >= 0.6 is 0 Å². The lowest BCUT2D eigenvalue weighted by molar-refractivity contribution is -0.117. The monoisotopic (exact) mass is 283 g/mol. The van der Waals surface area contributed by atoms with Crippen LogP contribution in [0.4, 0.5) is 33.3 Å². The van der Waals surface area contributed by atoms with Gasteiger partial charge in [0, 0.05) is 5.69 Å². The van der Waals surface area contributed by atoms with E-state index in [9.17, 15) is 26.7 Å². The van der Waals surface area contributed by atoms with Crippen molar-refractivity contribution in [1.29, 1.82) is 0 Å². The minimum atomic E-state index is -4.33. The predicted octanol–water partition coefficient (Wildman–Crippen LogP) is 1.82. The number of rotatable bonds is 5.